The van der Waals surface area contributed by atoms with Gasteiger partial charge in [0.25, 0.3) is 5.56 Å². The maximum Gasteiger partial charge on any atom is 0.283 e. The van der Waals surface area contributed by atoms with Crippen LogP contribution >= 0.6 is 0 Å². The summed E-state index contributed by atoms with van der Waals surface area (Å²) in [5.41, 5.74) is 3.41. The van der Waals surface area contributed by atoms with Crippen molar-refractivity contribution < 1.29 is 10.2 Å². The molecule has 0 aliphatic carbocycles. The van der Waals surface area contributed by atoms with Crippen molar-refractivity contribution in [1.82, 2.24) is 38.7 Å². The molecule has 0 atom stereocenters. The molecule has 5 heterocycles. The Morgan fingerprint density at radius 3 is 2.31 bits per heavy atom. The first kappa shape index (κ1) is 22.2. The van der Waals surface area contributed by atoms with Gasteiger partial charge in [-0.3, -0.25) is 19.6 Å². The van der Waals surface area contributed by atoms with Crippen LogP contribution in [0.1, 0.15) is 5.69 Å². The van der Waals surface area contributed by atoms with Crippen molar-refractivity contribution in [3.05, 3.63) is 71.7 Å². The summed E-state index contributed by atoms with van der Waals surface area (Å²) in [6.07, 6.45) is 12.4. The number of nitrogens with zero attached hydrogens (tertiary/aromatic N) is 9. The van der Waals surface area contributed by atoms with Gasteiger partial charge < -0.3 is 15.2 Å². The molecule has 0 radical (unpaired) electrons. The zero-order valence-corrected chi connectivity index (χ0v) is 18.4. The fourth-order valence-corrected chi connectivity index (χ4v) is 3.73. The van der Waals surface area contributed by atoms with Gasteiger partial charge in [0.15, 0.2) is 0 Å². The summed E-state index contributed by atoms with van der Waals surface area (Å²) in [5, 5.41) is 38.4. The quantitative estimate of drug-likeness (QED) is 0.212. The summed E-state index contributed by atoms with van der Waals surface area (Å²) in [6, 6.07) is 3.45. The van der Waals surface area contributed by atoms with E-state index in [0.717, 1.165) is 28.6 Å². The Balaban J connectivity index is 1.51. The minimum atomic E-state index is -0.380. The molecule has 13 heteroatoms. The summed E-state index contributed by atoms with van der Waals surface area (Å²) >= 11 is 0. The summed E-state index contributed by atoms with van der Waals surface area (Å²) < 4.78 is 5.96. The number of nitrogens with one attached hydrogen (secondary N) is 1. The van der Waals surface area contributed by atoms with E-state index in [-0.39, 0.29) is 24.6 Å². The van der Waals surface area contributed by atoms with Crippen LogP contribution < -0.4 is 10.5 Å². The number of hydrogen-bond donors (Lipinski definition) is 3. The smallest absolute Gasteiger partial charge is 0.283 e. The Hall–Kier alpha value is -4.62. The van der Waals surface area contributed by atoms with Gasteiger partial charge in [0, 0.05) is 35.3 Å². The first-order valence-corrected chi connectivity index (χ1v) is 10.7. The highest BCUT2D eigenvalue weighted by Gasteiger charge is 2.13. The average molecular weight is 473 g/mol. The van der Waals surface area contributed by atoms with Crippen molar-refractivity contribution in [3.8, 4) is 22.3 Å². The molecule has 0 aliphatic heterocycles. The second kappa shape index (κ2) is 9.32. The highest BCUT2D eigenvalue weighted by molar-refractivity contribution is 6.03. The van der Waals surface area contributed by atoms with Gasteiger partial charge in [0.1, 0.15) is 24.0 Å². The van der Waals surface area contributed by atoms with Gasteiger partial charge >= 0.3 is 0 Å². The zero-order chi connectivity index (χ0) is 24.4. The molecule has 5 aromatic heterocycles. The van der Waals surface area contributed by atoms with E-state index in [1.54, 1.807) is 58.7 Å². The molecule has 0 fully saturated rings. The van der Waals surface area contributed by atoms with Crippen LogP contribution in [0.4, 0.5) is 0 Å². The van der Waals surface area contributed by atoms with Gasteiger partial charge in [0.05, 0.1) is 38.7 Å². The van der Waals surface area contributed by atoms with Gasteiger partial charge in [-0.05, 0) is 11.6 Å². The topological polar surface area (TPSA) is 166 Å². The third-order valence-electron chi connectivity index (χ3n) is 5.40. The molecule has 0 amide bonds. The largest absolute Gasteiger partial charge is 0.661 e. The minimum absolute atomic E-state index is 0.0212. The van der Waals surface area contributed by atoms with Crippen molar-refractivity contribution >= 4 is 17.7 Å². The lowest BCUT2D eigenvalue weighted by Gasteiger charge is -2.12. The molecular weight excluding hydrogens is 452 g/mol. The third-order valence-corrected chi connectivity index (χ3v) is 5.40. The Bertz CT molecular complexity index is 1580. The van der Waals surface area contributed by atoms with E-state index in [1.807, 2.05) is 0 Å². The van der Waals surface area contributed by atoms with E-state index < -0.39 is 0 Å². The minimum Gasteiger partial charge on any atom is -0.661 e. The van der Waals surface area contributed by atoms with Crippen LogP contribution in [0, 0.1) is 5.41 Å². The van der Waals surface area contributed by atoms with Crippen molar-refractivity contribution in [2.24, 2.45) is 4.99 Å². The second-order valence-corrected chi connectivity index (χ2v) is 7.62. The number of aromatic nitrogens is 8. The van der Waals surface area contributed by atoms with Crippen LogP contribution in [0.5, 0.6) is 0 Å². The van der Waals surface area contributed by atoms with Gasteiger partial charge in [-0.1, -0.05) is 11.8 Å². The van der Waals surface area contributed by atoms with Crippen LogP contribution in [0.3, 0.4) is 0 Å². The maximum absolute atomic E-state index is 13.3. The lowest BCUT2D eigenvalue weighted by molar-refractivity contribution is 0.269. The molecule has 0 aromatic carbocycles. The molecule has 5 rings (SSSR count). The van der Waals surface area contributed by atoms with Gasteiger partial charge in [-0.15, -0.1) is 0 Å². The van der Waals surface area contributed by atoms with Crippen LogP contribution in [0.25, 0.3) is 27.8 Å². The summed E-state index contributed by atoms with van der Waals surface area (Å²) in [6.45, 7) is 0.707. The van der Waals surface area contributed by atoms with Crippen molar-refractivity contribution in [1.29, 1.82) is 5.41 Å². The molecule has 3 N–H and O–H groups in total. The first-order valence-electron chi connectivity index (χ1n) is 10.7. The molecule has 0 aliphatic rings. The molecule has 0 unspecified atom stereocenters. The van der Waals surface area contributed by atoms with E-state index in [4.69, 9.17) is 15.6 Å². The second-order valence-electron chi connectivity index (χ2n) is 7.62. The molecule has 13 nitrogen and oxygen atoms in total. The van der Waals surface area contributed by atoms with E-state index >= 15 is 0 Å². The first-order chi connectivity index (χ1) is 17.1. The van der Waals surface area contributed by atoms with E-state index in [2.05, 4.69) is 25.3 Å². The summed E-state index contributed by atoms with van der Waals surface area (Å²) in [7, 11) is 0. The monoisotopic (exact) mass is 473 g/mol. The van der Waals surface area contributed by atoms with E-state index in [1.165, 1.54) is 15.4 Å². The predicted molar refractivity (Wildman–Crippen MR) is 127 cm³/mol. The van der Waals surface area contributed by atoms with Crippen LogP contribution in [0.15, 0.2) is 65.4 Å². The molecule has 178 valence electrons. The van der Waals surface area contributed by atoms with E-state index in [9.17, 15) is 4.79 Å². The zero-order valence-electron chi connectivity index (χ0n) is 18.4. The normalized spacial score (nSPS) is 12.0. The van der Waals surface area contributed by atoms with Gasteiger partial charge in [-0.2, -0.15) is 21.5 Å². The lowest BCUT2D eigenvalue weighted by atomic mass is 10.2. The molecule has 5 aromatic rings. The maximum atomic E-state index is 13.3. The lowest BCUT2D eigenvalue weighted by Crippen LogP contribution is -2.30. The van der Waals surface area contributed by atoms with Crippen LogP contribution in [-0.4, -0.2) is 69.3 Å². The molecule has 35 heavy (non-hydrogen) atoms. The third kappa shape index (κ3) is 4.20. The van der Waals surface area contributed by atoms with Crippen LogP contribution in [0.2, 0.25) is 0 Å². The highest BCUT2D eigenvalue weighted by Crippen LogP contribution is 2.21. The van der Waals surface area contributed by atoms with Crippen molar-refractivity contribution in [2.45, 2.75) is 13.1 Å². The Labute approximate surface area is 197 Å². The standard InChI is InChI=1S/C22H21N10O3/c23-13-25-21(19-5-15(7-24-19)17-8-26-29(10-17)1-3-33)31-14-28-32-12-16(6-20(32)22(31)35)18-9-27-30(11-18)2-4-34/h5-14,33-34H,1-4H2,(H-,23,24,25)/q-1. The fourth-order valence-electron chi connectivity index (χ4n) is 3.73. The molecule has 0 bridgehead atoms. The number of aliphatic imine (C=N–C) groups is 1. The Kier molecular flexibility index (Phi) is 5.91. The van der Waals surface area contributed by atoms with Gasteiger partial charge in [0.2, 0.25) is 0 Å². The number of rotatable bonds is 8. The molecule has 0 saturated heterocycles. The summed E-state index contributed by atoms with van der Waals surface area (Å²) in [5.74, 6) is 0.160. The molecular formula is C22H21N10O3-. The molecule has 0 spiro atoms. The van der Waals surface area contributed by atoms with Crippen molar-refractivity contribution in [3.63, 3.8) is 0 Å². The average Bonchev–Trinajstić information content (AvgIpc) is 3.64. The van der Waals surface area contributed by atoms with Crippen molar-refractivity contribution in [2.75, 3.05) is 13.2 Å². The SMILES string of the molecule is N=CN=C(c1cc(-c2cnn(CCO)c2)c[n-]1)n1cnn2cc(-c3cnn(CCO)c3)cc2c1=O. The Morgan fingerprint density at radius 1 is 0.971 bits per heavy atom. The Morgan fingerprint density at radius 2 is 1.66 bits per heavy atom. The number of aliphatic hydroxyl groups excluding tert-OH is 2. The van der Waals surface area contributed by atoms with Gasteiger partial charge in [-0.25, -0.2) is 14.1 Å². The number of hydrogen-bond acceptors (Lipinski definition) is 7. The highest BCUT2D eigenvalue weighted by atomic mass is 16.3. The van der Waals surface area contributed by atoms with Crippen LogP contribution in [-0.2, 0) is 13.1 Å². The summed E-state index contributed by atoms with van der Waals surface area (Å²) in [4.78, 5) is 21.8. The fraction of sp³-hybridized carbons (Fsp3) is 0.182. The predicted octanol–water partition coefficient (Wildman–Crippen LogP) is 0.0668. The number of fused-ring (bicyclic) bond motifs is 1. The number of aliphatic hydroxyl groups is 2. The van der Waals surface area contributed by atoms with E-state index in [0.29, 0.717) is 24.3 Å². The molecule has 0 saturated carbocycles.